The van der Waals surface area contributed by atoms with Crippen LogP contribution in [0.4, 0.5) is 25.0 Å². The van der Waals surface area contributed by atoms with Crippen molar-refractivity contribution >= 4 is 35.1 Å². The van der Waals surface area contributed by atoms with Gasteiger partial charge in [-0.25, -0.2) is 13.6 Å². The molecule has 5 rings (SSSR count). The Kier molecular flexibility index (Phi) is 5.32. The lowest BCUT2D eigenvalue weighted by Crippen LogP contribution is -2.51. The molecular formula is C25H21F2N3O2S. The van der Waals surface area contributed by atoms with E-state index in [1.54, 1.807) is 17.0 Å². The summed E-state index contributed by atoms with van der Waals surface area (Å²) in [5.41, 5.74) is 3.33. The highest BCUT2D eigenvalue weighted by molar-refractivity contribution is 8.01. The molecule has 2 heterocycles. The van der Waals surface area contributed by atoms with Gasteiger partial charge in [0.15, 0.2) is 4.87 Å². The zero-order chi connectivity index (χ0) is 23.2. The van der Waals surface area contributed by atoms with Gasteiger partial charge in [-0.3, -0.25) is 9.69 Å². The first-order valence-electron chi connectivity index (χ1n) is 10.5. The highest BCUT2D eigenvalue weighted by Crippen LogP contribution is 2.54. The number of halogens is 2. The van der Waals surface area contributed by atoms with Gasteiger partial charge in [0.25, 0.3) is 5.91 Å². The molecule has 2 aliphatic heterocycles. The SMILES string of the molecule is Cc1cccc(CN2C(=O)[C@]3(SCCN3C(=O)Nc3cccc(F)c3)c3cc(F)ccc32)c1. The van der Waals surface area contributed by atoms with Crippen LogP contribution in [0.5, 0.6) is 0 Å². The number of fused-ring (bicyclic) bond motifs is 2. The third-order valence-electron chi connectivity index (χ3n) is 5.90. The van der Waals surface area contributed by atoms with Gasteiger partial charge in [0.05, 0.1) is 12.2 Å². The van der Waals surface area contributed by atoms with Crippen molar-refractivity contribution in [1.82, 2.24) is 4.90 Å². The minimum atomic E-state index is -1.38. The Hall–Kier alpha value is -3.39. The molecule has 1 saturated heterocycles. The molecule has 1 N–H and O–H groups in total. The fourth-order valence-corrected chi connectivity index (χ4v) is 5.95. The van der Waals surface area contributed by atoms with E-state index in [9.17, 15) is 18.4 Å². The Morgan fingerprint density at radius 3 is 2.64 bits per heavy atom. The summed E-state index contributed by atoms with van der Waals surface area (Å²) in [6.07, 6.45) is 0. The Morgan fingerprint density at radius 2 is 1.85 bits per heavy atom. The highest BCUT2D eigenvalue weighted by atomic mass is 32.2. The van der Waals surface area contributed by atoms with Crippen LogP contribution in [0, 0.1) is 18.6 Å². The third-order valence-corrected chi connectivity index (χ3v) is 7.32. The topological polar surface area (TPSA) is 52.7 Å². The van der Waals surface area contributed by atoms with Crippen molar-refractivity contribution in [2.24, 2.45) is 0 Å². The van der Waals surface area contributed by atoms with Crippen molar-refractivity contribution in [3.8, 4) is 0 Å². The van der Waals surface area contributed by atoms with Crippen LogP contribution in [0.3, 0.4) is 0 Å². The molecule has 0 radical (unpaired) electrons. The van der Waals surface area contributed by atoms with Crippen molar-refractivity contribution in [2.45, 2.75) is 18.3 Å². The summed E-state index contributed by atoms with van der Waals surface area (Å²) in [5.74, 6) is -0.735. The molecule has 8 heteroatoms. The number of rotatable bonds is 3. The van der Waals surface area contributed by atoms with Gasteiger partial charge in [0, 0.05) is 23.5 Å². The first-order chi connectivity index (χ1) is 15.9. The van der Waals surface area contributed by atoms with Gasteiger partial charge in [0.2, 0.25) is 0 Å². The molecule has 0 aromatic heterocycles. The number of nitrogens with zero attached hydrogens (tertiary/aromatic N) is 2. The summed E-state index contributed by atoms with van der Waals surface area (Å²) in [5, 5.41) is 2.68. The number of urea groups is 1. The molecule has 1 fully saturated rings. The zero-order valence-electron chi connectivity index (χ0n) is 17.8. The van der Waals surface area contributed by atoms with Gasteiger partial charge in [-0.2, -0.15) is 0 Å². The molecule has 33 heavy (non-hydrogen) atoms. The number of carbonyl (C=O) groups excluding carboxylic acids is 2. The molecule has 1 atom stereocenters. The van der Waals surface area contributed by atoms with Gasteiger partial charge >= 0.3 is 6.03 Å². The number of hydrogen-bond donors (Lipinski definition) is 1. The summed E-state index contributed by atoms with van der Waals surface area (Å²) in [6, 6.07) is 17.1. The number of nitrogens with one attached hydrogen (secondary N) is 1. The van der Waals surface area contributed by atoms with Gasteiger partial charge < -0.3 is 10.2 Å². The molecule has 0 aliphatic carbocycles. The van der Waals surface area contributed by atoms with E-state index in [1.165, 1.54) is 47.0 Å². The largest absolute Gasteiger partial charge is 0.323 e. The molecule has 3 aromatic carbocycles. The maximum absolute atomic E-state index is 14.4. The van der Waals surface area contributed by atoms with Crippen LogP contribution in [0.2, 0.25) is 0 Å². The average molecular weight is 466 g/mol. The summed E-state index contributed by atoms with van der Waals surface area (Å²) in [7, 11) is 0. The molecule has 168 valence electrons. The van der Waals surface area contributed by atoms with Gasteiger partial charge in [-0.1, -0.05) is 35.9 Å². The van der Waals surface area contributed by atoms with E-state index in [0.29, 0.717) is 30.1 Å². The van der Waals surface area contributed by atoms with Crippen molar-refractivity contribution in [1.29, 1.82) is 0 Å². The van der Waals surface area contributed by atoms with Gasteiger partial charge in [0.1, 0.15) is 11.6 Å². The molecule has 0 bridgehead atoms. The minimum Gasteiger partial charge on any atom is -0.308 e. The number of aryl methyl sites for hydroxylation is 1. The Labute approximate surface area is 194 Å². The van der Waals surface area contributed by atoms with E-state index in [4.69, 9.17) is 0 Å². The zero-order valence-corrected chi connectivity index (χ0v) is 18.7. The summed E-state index contributed by atoms with van der Waals surface area (Å²) >= 11 is 1.31. The average Bonchev–Trinajstić information content (AvgIpc) is 3.31. The second-order valence-electron chi connectivity index (χ2n) is 8.13. The predicted octanol–water partition coefficient (Wildman–Crippen LogP) is 5.25. The van der Waals surface area contributed by atoms with Crippen LogP contribution in [-0.4, -0.2) is 29.1 Å². The first kappa shape index (κ1) is 21.5. The number of anilines is 2. The summed E-state index contributed by atoms with van der Waals surface area (Å²) in [6.45, 7) is 2.58. The van der Waals surface area contributed by atoms with E-state index >= 15 is 0 Å². The fraction of sp³-hybridized carbons (Fsp3) is 0.200. The number of thioether (sulfide) groups is 1. The predicted molar refractivity (Wildman–Crippen MR) is 125 cm³/mol. The van der Waals surface area contributed by atoms with E-state index in [1.807, 2.05) is 31.2 Å². The number of benzene rings is 3. The lowest BCUT2D eigenvalue weighted by molar-refractivity contribution is -0.123. The monoisotopic (exact) mass is 465 g/mol. The fourth-order valence-electron chi connectivity index (χ4n) is 4.49. The molecule has 3 aromatic rings. The molecule has 3 amide bonds. The summed E-state index contributed by atoms with van der Waals surface area (Å²) < 4.78 is 28.0. The van der Waals surface area contributed by atoms with E-state index in [0.717, 1.165) is 11.1 Å². The normalized spacial score (nSPS) is 19.3. The Morgan fingerprint density at radius 1 is 1.06 bits per heavy atom. The van der Waals surface area contributed by atoms with Crippen LogP contribution >= 0.6 is 11.8 Å². The van der Waals surface area contributed by atoms with Crippen molar-refractivity contribution in [2.75, 3.05) is 22.5 Å². The van der Waals surface area contributed by atoms with E-state index < -0.39 is 22.5 Å². The molecule has 2 aliphatic rings. The van der Waals surface area contributed by atoms with Gasteiger partial charge in [-0.05, 0) is 48.9 Å². The Balaban J connectivity index is 1.54. The van der Waals surface area contributed by atoms with Crippen molar-refractivity contribution in [3.05, 3.63) is 95.1 Å². The molecule has 0 saturated carbocycles. The maximum Gasteiger partial charge on any atom is 0.323 e. The maximum atomic E-state index is 14.4. The van der Waals surface area contributed by atoms with Crippen molar-refractivity contribution < 1.29 is 18.4 Å². The second kappa shape index (κ2) is 8.19. The summed E-state index contributed by atoms with van der Waals surface area (Å²) in [4.78, 5) is 28.8. The minimum absolute atomic E-state index is 0.286. The smallest absolute Gasteiger partial charge is 0.308 e. The lowest BCUT2D eigenvalue weighted by atomic mass is 10.1. The number of hydrogen-bond acceptors (Lipinski definition) is 3. The Bertz CT molecular complexity index is 1270. The van der Waals surface area contributed by atoms with E-state index in [2.05, 4.69) is 5.32 Å². The van der Waals surface area contributed by atoms with Crippen molar-refractivity contribution in [3.63, 3.8) is 0 Å². The standard InChI is InChI=1S/C25H21F2N3O2S/c1-16-4-2-5-17(12-16)15-29-22-9-8-19(27)14-21(22)25(23(29)31)30(10-11-33-25)24(32)28-20-7-3-6-18(26)13-20/h2-9,12-14H,10-11,15H2,1H3,(H,28,32)/t25-/m1/s1. The quantitative estimate of drug-likeness (QED) is 0.575. The first-order valence-corrected chi connectivity index (χ1v) is 11.5. The molecule has 0 unspecified atom stereocenters. The second-order valence-corrected chi connectivity index (χ2v) is 9.41. The number of amides is 3. The molecular weight excluding hydrogens is 444 g/mol. The lowest BCUT2D eigenvalue weighted by Gasteiger charge is -2.33. The van der Waals surface area contributed by atoms with E-state index in [-0.39, 0.29) is 11.6 Å². The van der Waals surface area contributed by atoms with Crippen LogP contribution in [0.1, 0.15) is 16.7 Å². The van der Waals surface area contributed by atoms with Crippen LogP contribution in [-0.2, 0) is 16.2 Å². The van der Waals surface area contributed by atoms with Crippen LogP contribution in [0.25, 0.3) is 0 Å². The molecule has 5 nitrogen and oxygen atoms in total. The third kappa shape index (κ3) is 3.64. The van der Waals surface area contributed by atoms with Crippen LogP contribution in [0.15, 0.2) is 66.7 Å². The number of carbonyl (C=O) groups is 2. The van der Waals surface area contributed by atoms with Gasteiger partial charge in [-0.15, -0.1) is 11.8 Å². The van der Waals surface area contributed by atoms with Crippen LogP contribution < -0.4 is 10.2 Å². The molecule has 1 spiro atoms. The highest BCUT2D eigenvalue weighted by Gasteiger charge is 2.59.